The summed E-state index contributed by atoms with van der Waals surface area (Å²) in [7, 11) is 2.05. The second-order valence-electron chi connectivity index (χ2n) is 4.90. The van der Waals surface area contributed by atoms with E-state index in [9.17, 15) is 4.79 Å². The summed E-state index contributed by atoms with van der Waals surface area (Å²) in [5.41, 5.74) is 0.460. The van der Waals surface area contributed by atoms with Gasteiger partial charge in [-0.2, -0.15) is 0 Å². The molecule has 0 saturated carbocycles. The molecule has 0 fully saturated rings. The highest BCUT2D eigenvalue weighted by molar-refractivity contribution is 6.39. The average Bonchev–Trinajstić information content (AvgIpc) is 2.38. The van der Waals surface area contributed by atoms with Crippen LogP contribution >= 0.6 is 23.2 Å². The minimum absolute atomic E-state index is 0.160. The van der Waals surface area contributed by atoms with Crippen molar-refractivity contribution in [1.29, 1.82) is 0 Å². The molecule has 6 heteroatoms. The van der Waals surface area contributed by atoms with Crippen molar-refractivity contribution in [2.45, 2.75) is 19.9 Å². The minimum Gasteiger partial charge on any atom is -0.322 e. The third-order valence-corrected chi connectivity index (χ3v) is 3.67. The Labute approximate surface area is 130 Å². The van der Waals surface area contributed by atoms with Gasteiger partial charge in [-0.3, -0.25) is 4.79 Å². The number of likely N-dealkylation sites (N-methyl/N-ethyl adjacent to an activating group) is 1. The lowest BCUT2D eigenvalue weighted by Gasteiger charge is -2.20. The van der Waals surface area contributed by atoms with E-state index in [2.05, 4.69) is 36.4 Å². The van der Waals surface area contributed by atoms with Gasteiger partial charge in [0.2, 0.25) is 5.91 Å². The van der Waals surface area contributed by atoms with Crippen LogP contribution in [0.1, 0.15) is 13.8 Å². The quantitative estimate of drug-likeness (QED) is 0.760. The van der Waals surface area contributed by atoms with Crippen LogP contribution in [0.4, 0.5) is 5.69 Å². The highest BCUT2D eigenvalue weighted by Gasteiger charge is 2.09. The normalized spacial score (nSPS) is 11.2. The molecule has 1 rings (SSSR count). The molecule has 0 saturated heterocycles. The molecule has 0 bridgehead atoms. The Morgan fingerprint density at radius 1 is 1.30 bits per heavy atom. The Kier molecular flexibility index (Phi) is 7.30. The predicted octanol–water partition coefficient (Wildman–Crippen LogP) is 2.86. The molecule has 0 aliphatic rings. The van der Waals surface area contributed by atoms with Crippen molar-refractivity contribution in [2.75, 3.05) is 32.0 Å². The molecule has 20 heavy (non-hydrogen) atoms. The van der Waals surface area contributed by atoms with Crippen molar-refractivity contribution in [3.63, 3.8) is 0 Å². The minimum atomic E-state index is -0.160. The van der Waals surface area contributed by atoms with Gasteiger partial charge in [-0.15, -0.1) is 0 Å². The molecular formula is C14H21Cl2N3O. The standard InChI is InChI=1S/C14H21Cl2N3O/c1-10(2)19(3)8-7-17-9-13(20)18-14-11(15)5-4-6-12(14)16/h4-6,10,17H,7-9H2,1-3H3,(H,18,20). The lowest BCUT2D eigenvalue weighted by Crippen LogP contribution is -2.36. The van der Waals surface area contributed by atoms with Crippen molar-refractivity contribution in [1.82, 2.24) is 10.2 Å². The number of carbonyl (C=O) groups is 1. The van der Waals surface area contributed by atoms with Crippen LogP contribution in [0, 0.1) is 0 Å². The molecule has 0 aliphatic heterocycles. The zero-order valence-electron chi connectivity index (χ0n) is 12.0. The van der Waals surface area contributed by atoms with E-state index in [1.807, 2.05) is 0 Å². The number of carbonyl (C=O) groups excluding carboxylic acids is 1. The summed E-state index contributed by atoms with van der Waals surface area (Å²) < 4.78 is 0. The fourth-order valence-electron chi connectivity index (χ4n) is 1.52. The van der Waals surface area contributed by atoms with Gasteiger partial charge in [0.1, 0.15) is 0 Å². The Morgan fingerprint density at radius 2 is 1.90 bits per heavy atom. The number of amides is 1. The fraction of sp³-hybridized carbons (Fsp3) is 0.500. The summed E-state index contributed by atoms with van der Waals surface area (Å²) in [5, 5.41) is 6.67. The molecule has 112 valence electrons. The number of rotatable bonds is 7. The van der Waals surface area contributed by atoms with E-state index in [1.54, 1.807) is 18.2 Å². The molecule has 0 unspecified atom stereocenters. The zero-order valence-corrected chi connectivity index (χ0v) is 13.6. The summed E-state index contributed by atoms with van der Waals surface area (Å²) >= 11 is 12.0. The van der Waals surface area contributed by atoms with Gasteiger partial charge in [0, 0.05) is 19.1 Å². The van der Waals surface area contributed by atoms with Crippen LogP contribution in [-0.2, 0) is 4.79 Å². The van der Waals surface area contributed by atoms with Crippen LogP contribution in [0.2, 0.25) is 10.0 Å². The highest BCUT2D eigenvalue weighted by atomic mass is 35.5. The average molecular weight is 318 g/mol. The first-order valence-electron chi connectivity index (χ1n) is 6.56. The van der Waals surface area contributed by atoms with Gasteiger partial charge in [-0.1, -0.05) is 29.3 Å². The van der Waals surface area contributed by atoms with Crippen LogP contribution in [0.15, 0.2) is 18.2 Å². The van der Waals surface area contributed by atoms with Gasteiger partial charge < -0.3 is 15.5 Å². The summed E-state index contributed by atoms with van der Waals surface area (Å²) in [6.07, 6.45) is 0. The van der Waals surface area contributed by atoms with Gasteiger partial charge >= 0.3 is 0 Å². The number of para-hydroxylation sites is 1. The molecule has 0 atom stereocenters. The van der Waals surface area contributed by atoms with Gasteiger partial charge in [-0.05, 0) is 33.0 Å². The van der Waals surface area contributed by atoms with Gasteiger partial charge in [0.25, 0.3) is 0 Å². The maximum Gasteiger partial charge on any atom is 0.238 e. The highest BCUT2D eigenvalue weighted by Crippen LogP contribution is 2.29. The largest absolute Gasteiger partial charge is 0.322 e. The van der Waals surface area contributed by atoms with E-state index in [1.165, 1.54) is 0 Å². The first kappa shape index (κ1) is 17.2. The molecule has 1 aromatic rings. The maximum absolute atomic E-state index is 11.8. The van der Waals surface area contributed by atoms with Crippen LogP contribution in [0.3, 0.4) is 0 Å². The lowest BCUT2D eigenvalue weighted by atomic mass is 10.3. The van der Waals surface area contributed by atoms with Crippen LogP contribution in [0.5, 0.6) is 0 Å². The Hall–Kier alpha value is -0.810. The lowest BCUT2D eigenvalue weighted by molar-refractivity contribution is -0.115. The van der Waals surface area contributed by atoms with Gasteiger partial charge in [0.15, 0.2) is 0 Å². The Bertz CT molecular complexity index is 432. The number of halogens is 2. The number of nitrogens with zero attached hydrogens (tertiary/aromatic N) is 1. The Morgan fingerprint density at radius 3 is 2.45 bits per heavy atom. The SMILES string of the molecule is CC(C)N(C)CCNCC(=O)Nc1c(Cl)cccc1Cl. The number of hydrogen-bond acceptors (Lipinski definition) is 3. The molecule has 0 heterocycles. The molecular weight excluding hydrogens is 297 g/mol. The van der Waals surface area contributed by atoms with Crippen molar-refractivity contribution in [3.05, 3.63) is 28.2 Å². The van der Waals surface area contributed by atoms with Crippen LogP contribution in [0.25, 0.3) is 0 Å². The van der Waals surface area contributed by atoms with Crippen molar-refractivity contribution in [3.8, 4) is 0 Å². The summed E-state index contributed by atoms with van der Waals surface area (Å²) in [4.78, 5) is 14.0. The number of hydrogen-bond donors (Lipinski definition) is 2. The van der Waals surface area contributed by atoms with Crippen LogP contribution in [-0.4, -0.2) is 43.5 Å². The second kappa shape index (κ2) is 8.47. The topological polar surface area (TPSA) is 44.4 Å². The summed E-state index contributed by atoms with van der Waals surface area (Å²) in [5.74, 6) is -0.160. The molecule has 0 radical (unpaired) electrons. The maximum atomic E-state index is 11.8. The smallest absolute Gasteiger partial charge is 0.238 e. The zero-order chi connectivity index (χ0) is 15.1. The van der Waals surface area contributed by atoms with Gasteiger partial charge in [0.05, 0.1) is 22.3 Å². The van der Waals surface area contributed by atoms with Crippen molar-refractivity contribution >= 4 is 34.8 Å². The van der Waals surface area contributed by atoms with E-state index in [0.717, 1.165) is 13.1 Å². The number of nitrogens with one attached hydrogen (secondary N) is 2. The molecule has 1 aromatic carbocycles. The van der Waals surface area contributed by atoms with Gasteiger partial charge in [-0.25, -0.2) is 0 Å². The predicted molar refractivity (Wildman–Crippen MR) is 85.7 cm³/mol. The fourth-order valence-corrected chi connectivity index (χ4v) is 2.01. The van der Waals surface area contributed by atoms with E-state index in [-0.39, 0.29) is 12.5 Å². The molecule has 0 spiro atoms. The van der Waals surface area contributed by atoms with E-state index in [0.29, 0.717) is 21.8 Å². The first-order valence-corrected chi connectivity index (χ1v) is 7.32. The van der Waals surface area contributed by atoms with E-state index in [4.69, 9.17) is 23.2 Å². The first-order chi connectivity index (χ1) is 9.41. The number of anilines is 1. The second-order valence-corrected chi connectivity index (χ2v) is 5.71. The third-order valence-electron chi connectivity index (χ3n) is 3.04. The molecule has 1 amide bonds. The molecule has 0 aromatic heterocycles. The summed E-state index contributed by atoms with van der Waals surface area (Å²) in [6.45, 7) is 6.13. The molecule has 4 nitrogen and oxygen atoms in total. The van der Waals surface area contributed by atoms with Crippen LogP contribution < -0.4 is 10.6 Å². The summed E-state index contributed by atoms with van der Waals surface area (Å²) in [6, 6.07) is 5.61. The Balaban J connectivity index is 2.34. The van der Waals surface area contributed by atoms with Crippen molar-refractivity contribution < 1.29 is 4.79 Å². The van der Waals surface area contributed by atoms with E-state index >= 15 is 0 Å². The third kappa shape index (κ3) is 5.67. The monoisotopic (exact) mass is 317 g/mol. The molecule has 2 N–H and O–H groups in total. The van der Waals surface area contributed by atoms with E-state index < -0.39 is 0 Å². The molecule has 0 aliphatic carbocycles. The van der Waals surface area contributed by atoms with Crippen molar-refractivity contribution in [2.24, 2.45) is 0 Å². The number of benzene rings is 1.